The molecule has 1 unspecified atom stereocenters. The second-order valence-corrected chi connectivity index (χ2v) is 12.0. The lowest BCUT2D eigenvalue weighted by Crippen LogP contribution is -2.57. The van der Waals surface area contributed by atoms with Gasteiger partial charge in [-0.15, -0.1) is 0 Å². The van der Waals surface area contributed by atoms with Crippen molar-refractivity contribution in [1.82, 2.24) is 21.5 Å². The summed E-state index contributed by atoms with van der Waals surface area (Å²) in [4.78, 5) is 27.8. The highest BCUT2D eigenvalue weighted by atomic mass is 33.1. The minimum Gasteiger partial charge on any atom is -0.313 e. The summed E-state index contributed by atoms with van der Waals surface area (Å²) >= 11 is 0. The maximum atomic E-state index is 13.7. The summed E-state index contributed by atoms with van der Waals surface area (Å²) in [7, 11) is 2.86. The van der Waals surface area contributed by atoms with E-state index in [-0.39, 0.29) is 11.8 Å². The fraction of sp³-hybridized carbons (Fsp3) is 0.0667. The second-order valence-electron chi connectivity index (χ2n) is 9.84. The number of benzene rings is 4. The molecule has 4 aromatic rings. The zero-order valence-electron chi connectivity index (χ0n) is 20.8. The van der Waals surface area contributed by atoms with E-state index in [1.165, 1.54) is 27.9 Å². The minimum absolute atomic E-state index is 0.164. The van der Waals surface area contributed by atoms with Crippen molar-refractivity contribution in [2.75, 3.05) is 0 Å². The van der Waals surface area contributed by atoms with E-state index >= 15 is 0 Å². The van der Waals surface area contributed by atoms with Crippen molar-refractivity contribution in [2.45, 2.75) is 16.0 Å². The fourth-order valence-electron chi connectivity index (χ4n) is 6.19. The molecule has 0 bridgehead atoms. The predicted octanol–water partition coefficient (Wildman–Crippen LogP) is 4.23. The van der Waals surface area contributed by atoms with Crippen LogP contribution in [0.15, 0.2) is 106 Å². The summed E-state index contributed by atoms with van der Waals surface area (Å²) in [5.74, 6) is -0.333. The Bertz CT molecular complexity index is 1790. The molecule has 1 atom stereocenters. The molecule has 4 N–H and O–H groups in total. The summed E-state index contributed by atoms with van der Waals surface area (Å²) < 4.78 is 0. The van der Waals surface area contributed by atoms with Gasteiger partial charge in [0.05, 0.1) is 0 Å². The zero-order chi connectivity index (χ0) is 26.9. The van der Waals surface area contributed by atoms with Crippen LogP contribution < -0.4 is 21.5 Å². The maximum absolute atomic E-state index is 13.7. The summed E-state index contributed by atoms with van der Waals surface area (Å²) in [5, 5.41) is 15.0. The van der Waals surface area contributed by atoms with Crippen LogP contribution >= 0.6 is 21.6 Å². The molecule has 0 saturated heterocycles. The lowest BCUT2D eigenvalue weighted by molar-refractivity contribution is -0.126. The Morgan fingerprint density at radius 1 is 0.600 bits per heavy atom. The van der Waals surface area contributed by atoms with Crippen molar-refractivity contribution >= 4 is 44.9 Å². The number of nitrogens with zero attached hydrogens (tertiary/aromatic N) is 2. The third-order valence-electron chi connectivity index (χ3n) is 7.90. The molecule has 40 heavy (non-hydrogen) atoms. The fourth-order valence-corrected chi connectivity index (χ4v) is 7.95. The van der Waals surface area contributed by atoms with Gasteiger partial charge < -0.3 is 10.6 Å². The lowest BCUT2D eigenvalue weighted by Gasteiger charge is -2.33. The number of amidine groups is 1. The van der Waals surface area contributed by atoms with Crippen LogP contribution in [0.5, 0.6) is 0 Å². The molecule has 2 aliphatic heterocycles. The standard InChI is InChI=1S/C30H20N6O2S2/c37-26-29(35-32-16-31-26)24-12-6-3-9-20(24)21-15-17(13-14-25(21)29)39-40-28-33-27(38)30(36-34-28)22-10-4-1-7-18(22)19-8-2-5-11-23(19)30/h1-16,35-36H,(H,31,32,37)(H,33,34,38). The SMILES string of the molecule is O=C1NC=NNC12c1ccccc1-c1cc(SSC3=NNC4(C(=O)N3)c3ccccc3-c3ccccc34)ccc12. The molecule has 2 aliphatic carbocycles. The van der Waals surface area contributed by atoms with E-state index < -0.39 is 11.1 Å². The molecule has 10 heteroatoms. The van der Waals surface area contributed by atoms with Gasteiger partial charge in [-0.25, -0.2) is 0 Å². The summed E-state index contributed by atoms with van der Waals surface area (Å²) in [6.45, 7) is 0. The molecule has 194 valence electrons. The van der Waals surface area contributed by atoms with E-state index in [2.05, 4.69) is 37.8 Å². The van der Waals surface area contributed by atoms with Gasteiger partial charge in [0, 0.05) is 27.1 Å². The van der Waals surface area contributed by atoms with Gasteiger partial charge in [-0.05, 0) is 56.0 Å². The first-order chi connectivity index (χ1) is 19.6. The Balaban J connectivity index is 1.09. The number of hydrogen-bond donors (Lipinski definition) is 4. The van der Waals surface area contributed by atoms with Gasteiger partial charge in [0.25, 0.3) is 11.8 Å². The number of amides is 2. The Labute approximate surface area is 237 Å². The van der Waals surface area contributed by atoms with Gasteiger partial charge >= 0.3 is 0 Å². The van der Waals surface area contributed by atoms with Crippen molar-refractivity contribution in [2.24, 2.45) is 10.2 Å². The van der Waals surface area contributed by atoms with Crippen molar-refractivity contribution in [1.29, 1.82) is 0 Å². The van der Waals surface area contributed by atoms with Crippen LogP contribution in [-0.2, 0) is 20.7 Å². The minimum atomic E-state index is -1.07. The van der Waals surface area contributed by atoms with Crippen LogP contribution in [0.1, 0.15) is 22.3 Å². The monoisotopic (exact) mass is 560 g/mol. The number of carbonyl (C=O) groups excluding carboxylic acids is 2. The molecule has 8 nitrogen and oxygen atoms in total. The smallest absolute Gasteiger partial charge is 0.262 e. The average Bonchev–Trinajstić information content (AvgIpc) is 3.44. The van der Waals surface area contributed by atoms with Crippen LogP contribution in [0, 0.1) is 0 Å². The van der Waals surface area contributed by atoms with Crippen molar-refractivity contribution in [3.05, 3.63) is 113 Å². The molecule has 4 aromatic carbocycles. The number of nitrogens with one attached hydrogen (secondary N) is 4. The van der Waals surface area contributed by atoms with E-state index in [0.717, 1.165) is 49.4 Å². The molecule has 0 radical (unpaired) electrons. The van der Waals surface area contributed by atoms with Crippen LogP contribution in [0.3, 0.4) is 0 Å². The number of hydrogen-bond acceptors (Lipinski definition) is 8. The van der Waals surface area contributed by atoms with Crippen LogP contribution in [-0.4, -0.2) is 23.3 Å². The normalized spacial score (nSPS) is 20.4. The molecule has 0 fully saturated rings. The average molecular weight is 561 g/mol. The Morgan fingerprint density at radius 2 is 1.18 bits per heavy atom. The van der Waals surface area contributed by atoms with Crippen molar-refractivity contribution in [3.8, 4) is 22.3 Å². The van der Waals surface area contributed by atoms with Crippen LogP contribution in [0.4, 0.5) is 0 Å². The molecule has 2 amide bonds. The van der Waals surface area contributed by atoms with Crippen molar-refractivity contribution < 1.29 is 9.59 Å². The zero-order valence-corrected chi connectivity index (χ0v) is 22.4. The number of carbonyl (C=O) groups is 2. The van der Waals surface area contributed by atoms with Gasteiger partial charge in [0.1, 0.15) is 6.34 Å². The highest BCUT2D eigenvalue weighted by Gasteiger charge is 2.52. The maximum Gasteiger partial charge on any atom is 0.262 e. The van der Waals surface area contributed by atoms with Gasteiger partial charge in [0.2, 0.25) is 0 Å². The second kappa shape index (κ2) is 8.48. The van der Waals surface area contributed by atoms with Crippen molar-refractivity contribution in [3.63, 3.8) is 0 Å². The van der Waals surface area contributed by atoms with E-state index in [0.29, 0.717) is 5.17 Å². The summed E-state index contributed by atoms with van der Waals surface area (Å²) in [6, 6.07) is 29.8. The Kier molecular flexibility index (Phi) is 4.95. The van der Waals surface area contributed by atoms with Gasteiger partial charge in [-0.2, -0.15) is 10.2 Å². The molecule has 4 aliphatic rings. The third kappa shape index (κ3) is 3.00. The predicted molar refractivity (Wildman–Crippen MR) is 157 cm³/mol. The number of rotatable bonds is 2. The number of fused-ring (bicyclic) bond motifs is 10. The molecule has 8 rings (SSSR count). The molecular weight excluding hydrogens is 541 g/mol. The highest BCUT2D eigenvalue weighted by molar-refractivity contribution is 8.82. The molecular formula is C30H20N6O2S2. The number of hydrazone groups is 2. The van der Waals surface area contributed by atoms with Gasteiger partial charge in [-0.1, -0.05) is 78.9 Å². The van der Waals surface area contributed by atoms with E-state index in [1.807, 2.05) is 84.9 Å². The topological polar surface area (TPSA) is 107 Å². The highest BCUT2D eigenvalue weighted by Crippen LogP contribution is 2.51. The van der Waals surface area contributed by atoms with Crippen LogP contribution in [0.2, 0.25) is 0 Å². The van der Waals surface area contributed by atoms with E-state index in [4.69, 9.17) is 0 Å². The van der Waals surface area contributed by atoms with E-state index in [9.17, 15) is 9.59 Å². The van der Waals surface area contributed by atoms with E-state index in [1.54, 1.807) is 0 Å². The molecule has 2 heterocycles. The largest absolute Gasteiger partial charge is 0.313 e. The summed E-state index contributed by atoms with van der Waals surface area (Å²) in [5.41, 5.74) is 11.7. The van der Waals surface area contributed by atoms with Crippen LogP contribution in [0.25, 0.3) is 22.3 Å². The first kappa shape index (κ1) is 23.4. The lowest BCUT2D eigenvalue weighted by atomic mass is 9.87. The molecule has 2 spiro atoms. The quantitative estimate of drug-likeness (QED) is 0.274. The first-order valence-electron chi connectivity index (χ1n) is 12.7. The Hall–Kier alpha value is -4.54. The van der Waals surface area contributed by atoms with Gasteiger partial charge in [0.15, 0.2) is 16.2 Å². The Morgan fingerprint density at radius 3 is 1.80 bits per heavy atom. The third-order valence-corrected chi connectivity index (χ3v) is 10.1. The first-order valence-corrected chi connectivity index (χ1v) is 14.8. The summed E-state index contributed by atoms with van der Waals surface area (Å²) in [6.07, 6.45) is 1.37. The van der Waals surface area contributed by atoms with Gasteiger partial charge in [-0.3, -0.25) is 20.4 Å². The molecule has 0 aromatic heterocycles. The molecule has 0 saturated carbocycles.